The second kappa shape index (κ2) is 10.2. The Morgan fingerprint density at radius 3 is 2.38 bits per heavy atom. The van der Waals surface area contributed by atoms with Gasteiger partial charge in [0.15, 0.2) is 5.78 Å². The highest BCUT2D eigenvalue weighted by Gasteiger charge is 2.44. The summed E-state index contributed by atoms with van der Waals surface area (Å²) in [6.07, 6.45) is 9.41. The van der Waals surface area contributed by atoms with Crippen molar-refractivity contribution in [2.75, 3.05) is 6.61 Å². The third-order valence-corrected chi connectivity index (χ3v) is 9.61. The van der Waals surface area contributed by atoms with Crippen LogP contribution >= 0.6 is 0 Å². The van der Waals surface area contributed by atoms with Gasteiger partial charge < -0.3 is 30.5 Å². The van der Waals surface area contributed by atoms with E-state index in [0.29, 0.717) is 17.7 Å². The molecule has 1 saturated heterocycles. The number of rotatable bonds is 6. The van der Waals surface area contributed by atoms with Gasteiger partial charge in [-0.15, -0.1) is 0 Å². The van der Waals surface area contributed by atoms with Crippen molar-refractivity contribution < 1.29 is 19.8 Å². The van der Waals surface area contributed by atoms with E-state index in [4.69, 9.17) is 0 Å². The molecule has 3 aliphatic rings. The Bertz CT molecular complexity index is 1860. The fraction of sp³-hybridized carbons (Fsp3) is 0.353. The van der Waals surface area contributed by atoms with Crippen LogP contribution < -0.4 is 16.0 Å². The Morgan fingerprint density at radius 1 is 1.00 bits per heavy atom. The van der Waals surface area contributed by atoms with Gasteiger partial charge in [-0.3, -0.25) is 9.59 Å². The van der Waals surface area contributed by atoms with Crippen LogP contribution in [0, 0.1) is 38.5 Å². The number of H-pyrrole nitrogens is 3. The van der Waals surface area contributed by atoms with Gasteiger partial charge in [-0.25, -0.2) is 0 Å². The van der Waals surface area contributed by atoms with Crippen molar-refractivity contribution in [3.8, 4) is 0 Å². The van der Waals surface area contributed by atoms with Gasteiger partial charge >= 0.3 is 5.97 Å². The zero-order valence-electron chi connectivity index (χ0n) is 24.8. The summed E-state index contributed by atoms with van der Waals surface area (Å²) in [6.45, 7) is 14.1. The zero-order chi connectivity index (χ0) is 30.0. The maximum atomic E-state index is 13.8. The predicted octanol–water partition coefficient (Wildman–Crippen LogP) is 4.05. The summed E-state index contributed by atoms with van der Waals surface area (Å²) in [5.74, 6) is -1.89. The largest absolute Gasteiger partial charge is 0.481 e. The first kappa shape index (κ1) is 27.8. The van der Waals surface area contributed by atoms with Crippen molar-refractivity contribution in [3.05, 3.63) is 84.8 Å². The summed E-state index contributed by atoms with van der Waals surface area (Å²) < 4.78 is 0. The molecule has 3 aromatic heterocycles. The number of aliphatic hydroxyl groups is 1. The van der Waals surface area contributed by atoms with Crippen molar-refractivity contribution in [2.24, 2.45) is 17.8 Å². The van der Waals surface area contributed by atoms with E-state index in [1.807, 2.05) is 13.0 Å². The van der Waals surface area contributed by atoms with Gasteiger partial charge in [0.2, 0.25) is 0 Å². The zero-order valence-corrected chi connectivity index (χ0v) is 24.8. The average molecular weight is 567 g/mol. The molecule has 0 radical (unpaired) electrons. The summed E-state index contributed by atoms with van der Waals surface area (Å²) in [5.41, 5.74) is 11.8. The molecule has 42 heavy (non-hydrogen) atoms. The molecular weight excluding hydrogens is 528 g/mol. The molecule has 0 amide bonds. The van der Waals surface area contributed by atoms with Crippen LogP contribution in [0.25, 0.3) is 29.9 Å². The number of carbonyl (C=O) groups excluding carboxylic acids is 1. The van der Waals surface area contributed by atoms with E-state index in [9.17, 15) is 19.8 Å². The summed E-state index contributed by atoms with van der Waals surface area (Å²) in [6, 6.07) is 0. The molecule has 8 heteroatoms. The van der Waals surface area contributed by atoms with E-state index in [1.165, 1.54) is 11.1 Å². The van der Waals surface area contributed by atoms with Crippen molar-refractivity contribution in [1.29, 1.82) is 0 Å². The number of nitrogens with one attached hydrogen (secondary N) is 4. The fourth-order valence-electron chi connectivity index (χ4n) is 7.20. The molecule has 6 rings (SSSR count). The number of hydrogen-bond donors (Lipinski definition) is 6. The number of allylic oxidation sites excluding steroid dienone is 2. The lowest BCUT2D eigenvalue weighted by Gasteiger charge is -2.19. The summed E-state index contributed by atoms with van der Waals surface area (Å²) >= 11 is 0. The summed E-state index contributed by atoms with van der Waals surface area (Å²) in [4.78, 5) is 36.2. The maximum absolute atomic E-state index is 13.8. The second-order valence-corrected chi connectivity index (χ2v) is 11.8. The maximum Gasteiger partial charge on any atom is 0.303 e. The normalized spacial score (nSPS) is 25.3. The van der Waals surface area contributed by atoms with Gasteiger partial charge in [-0.1, -0.05) is 26.5 Å². The molecule has 8 bridgehead atoms. The highest BCUT2D eigenvalue weighted by molar-refractivity contribution is 6.15. The fourth-order valence-corrected chi connectivity index (χ4v) is 7.20. The number of carboxylic acid groups (broad SMARTS) is 1. The SMILES string of the molecule is C=Cc1c2[nH]c(c1C)/C=C1\N/C(=C3\c4[nH]c(c(C)c4C(=O)[C@@H]3CO)/C=c3\[nH]/c(c(C)c3CC)=C\2)[C@@H](CCC(=O)O)[C@@H]1C. The van der Waals surface area contributed by atoms with E-state index in [1.54, 1.807) is 0 Å². The molecule has 5 heterocycles. The molecule has 6 N–H and O–H groups in total. The number of aromatic nitrogens is 3. The number of aromatic amines is 3. The first-order valence-electron chi connectivity index (χ1n) is 14.7. The lowest BCUT2D eigenvalue weighted by molar-refractivity contribution is -0.137. The smallest absolute Gasteiger partial charge is 0.303 e. The van der Waals surface area contributed by atoms with Crippen molar-refractivity contribution in [2.45, 2.75) is 53.9 Å². The summed E-state index contributed by atoms with van der Waals surface area (Å²) in [5, 5.41) is 25.6. The van der Waals surface area contributed by atoms with Gasteiger partial charge in [-0.2, -0.15) is 0 Å². The Morgan fingerprint density at radius 2 is 1.71 bits per heavy atom. The Balaban J connectivity index is 1.72. The molecule has 1 aliphatic carbocycles. The monoisotopic (exact) mass is 566 g/mol. The molecule has 0 aromatic carbocycles. The van der Waals surface area contributed by atoms with Crippen LogP contribution in [0.2, 0.25) is 0 Å². The van der Waals surface area contributed by atoms with Crippen molar-refractivity contribution in [3.63, 3.8) is 0 Å². The topological polar surface area (TPSA) is 134 Å². The molecule has 0 spiro atoms. The Hall–Kier alpha value is -4.30. The molecule has 1 fully saturated rings. The van der Waals surface area contributed by atoms with Crippen LogP contribution in [0.1, 0.15) is 87.6 Å². The molecule has 8 nitrogen and oxygen atoms in total. The number of hydrogen-bond acceptors (Lipinski definition) is 4. The van der Waals surface area contributed by atoms with Gasteiger partial charge in [0.05, 0.1) is 18.2 Å². The Labute approximate surface area is 244 Å². The second-order valence-electron chi connectivity index (χ2n) is 11.8. The number of carboxylic acids is 1. The lowest BCUT2D eigenvalue weighted by Crippen LogP contribution is -2.20. The van der Waals surface area contributed by atoms with Crippen LogP contribution in [0.5, 0.6) is 0 Å². The molecule has 218 valence electrons. The lowest BCUT2D eigenvalue weighted by atomic mass is 9.85. The van der Waals surface area contributed by atoms with E-state index in [0.717, 1.165) is 67.9 Å². The first-order valence-corrected chi connectivity index (χ1v) is 14.7. The number of carbonyl (C=O) groups is 2. The van der Waals surface area contributed by atoms with Crippen LogP contribution in [0.4, 0.5) is 0 Å². The standard InChI is InChI=1S/C34H38N4O4/c1-7-19-15(3)23-11-25-17(5)21(9-10-29(40)41)32(37-25)31-22(14-39)34(42)30-18(6)26(38-33(30)31)13-28-20(8-2)16(4)24(36-28)12-27(19)35-23/h7,11-13,17,21-22,35-39H,1,8-10,14H2,2-6H3,(H,40,41)/b24-12-,25-11-,28-13-,32-31-/t17-,21-,22+/m0/s1. The van der Waals surface area contributed by atoms with E-state index in [-0.39, 0.29) is 30.6 Å². The molecule has 3 aromatic rings. The molecular formula is C34H38N4O4. The number of Topliss-reactive ketones (excluding diaryl/α,β-unsaturated/α-hetero) is 1. The van der Waals surface area contributed by atoms with Crippen LogP contribution in [0.15, 0.2) is 18.0 Å². The molecule has 0 saturated carbocycles. The summed E-state index contributed by atoms with van der Waals surface area (Å²) in [7, 11) is 0. The third kappa shape index (κ3) is 4.08. The Kier molecular flexibility index (Phi) is 6.77. The van der Waals surface area contributed by atoms with Crippen LogP contribution in [-0.2, 0) is 11.2 Å². The van der Waals surface area contributed by atoms with Crippen LogP contribution in [0.3, 0.4) is 0 Å². The number of aliphatic hydroxyl groups excluding tert-OH is 1. The van der Waals surface area contributed by atoms with Crippen molar-refractivity contribution >= 4 is 41.6 Å². The van der Waals surface area contributed by atoms with Gasteiger partial charge in [-0.05, 0) is 74.1 Å². The third-order valence-electron chi connectivity index (χ3n) is 9.61. The minimum Gasteiger partial charge on any atom is -0.481 e. The molecule has 0 unspecified atom stereocenters. The minimum absolute atomic E-state index is 0.00343. The van der Waals surface area contributed by atoms with E-state index >= 15 is 0 Å². The number of ketones is 1. The van der Waals surface area contributed by atoms with Crippen molar-refractivity contribution in [1.82, 2.24) is 20.3 Å². The van der Waals surface area contributed by atoms with E-state index < -0.39 is 11.9 Å². The highest BCUT2D eigenvalue weighted by atomic mass is 16.4. The minimum atomic E-state index is -0.861. The molecule has 3 atom stereocenters. The highest BCUT2D eigenvalue weighted by Crippen LogP contribution is 2.47. The first-order chi connectivity index (χ1) is 20.1. The molecule has 2 aliphatic heterocycles. The van der Waals surface area contributed by atoms with E-state index in [2.05, 4.69) is 72.8 Å². The van der Waals surface area contributed by atoms with Crippen LogP contribution in [-0.4, -0.2) is 43.5 Å². The number of aliphatic carboxylic acids is 1. The average Bonchev–Trinajstić information content (AvgIpc) is 3.68. The quantitative estimate of drug-likeness (QED) is 0.268. The number of fused-ring (bicyclic) bond motifs is 7. The van der Waals surface area contributed by atoms with Gasteiger partial charge in [0.25, 0.3) is 0 Å². The van der Waals surface area contributed by atoms with Gasteiger partial charge in [0, 0.05) is 74.1 Å². The predicted molar refractivity (Wildman–Crippen MR) is 165 cm³/mol. The van der Waals surface area contributed by atoms with Gasteiger partial charge in [0.1, 0.15) is 0 Å².